The molecule has 11 heteroatoms. The Kier molecular flexibility index (Phi) is 10.2. The number of rotatable bonds is 6. The van der Waals surface area contributed by atoms with Crippen molar-refractivity contribution in [2.24, 2.45) is 11.8 Å². The number of nitrogens with one attached hydrogen (secondary N) is 1. The molecule has 2 heterocycles. The summed E-state index contributed by atoms with van der Waals surface area (Å²) in [5.41, 5.74) is 1.33. The van der Waals surface area contributed by atoms with Crippen LogP contribution in [0.1, 0.15) is 44.9 Å². The Morgan fingerprint density at radius 2 is 1.80 bits per heavy atom. The van der Waals surface area contributed by atoms with Crippen LogP contribution < -0.4 is 19.5 Å². The van der Waals surface area contributed by atoms with Crippen molar-refractivity contribution in [3.63, 3.8) is 0 Å². The van der Waals surface area contributed by atoms with E-state index in [4.69, 9.17) is 14.2 Å². The van der Waals surface area contributed by atoms with Gasteiger partial charge >= 0.3 is 12.0 Å². The number of carbonyl (C=O) groups excluding carboxylic acids is 2. The second-order valence-electron chi connectivity index (χ2n) is 10.4. The van der Waals surface area contributed by atoms with Gasteiger partial charge in [-0.3, -0.25) is 9.59 Å². The molecule has 11 nitrogen and oxygen atoms in total. The number of hydrogen-bond acceptors (Lipinski definition) is 8. The molecule has 4 rings (SSSR count). The van der Waals surface area contributed by atoms with Crippen molar-refractivity contribution in [3.8, 4) is 28.9 Å². The zero-order chi connectivity index (χ0) is 29.4. The van der Waals surface area contributed by atoms with Gasteiger partial charge in [-0.2, -0.15) is 9.97 Å². The van der Waals surface area contributed by atoms with E-state index in [9.17, 15) is 19.5 Å². The molecule has 2 amide bonds. The number of benzene rings is 1. The highest BCUT2D eigenvalue weighted by Gasteiger charge is 2.45. The predicted octanol–water partition coefficient (Wildman–Crippen LogP) is 3.48. The van der Waals surface area contributed by atoms with Crippen molar-refractivity contribution < 1.29 is 33.7 Å². The van der Waals surface area contributed by atoms with Crippen molar-refractivity contribution in [1.29, 1.82) is 0 Å². The number of aromatic nitrogens is 2. The first kappa shape index (κ1) is 29.8. The van der Waals surface area contributed by atoms with Gasteiger partial charge in [-0.15, -0.1) is 0 Å². The number of carboxylic acids is 1. The summed E-state index contributed by atoms with van der Waals surface area (Å²) < 4.78 is 16.9. The lowest BCUT2D eigenvalue weighted by Crippen LogP contribution is -2.46. The van der Waals surface area contributed by atoms with Crippen LogP contribution in [0.2, 0.25) is 0 Å². The van der Waals surface area contributed by atoms with Crippen LogP contribution >= 0.6 is 0 Å². The third-order valence-electron chi connectivity index (χ3n) is 7.58. The molecule has 2 aliphatic rings. The summed E-state index contributed by atoms with van der Waals surface area (Å²) in [4.78, 5) is 49.3. The minimum atomic E-state index is -1.10. The van der Waals surface area contributed by atoms with Crippen LogP contribution in [0.5, 0.6) is 17.6 Å². The van der Waals surface area contributed by atoms with E-state index >= 15 is 0 Å². The smallest absolute Gasteiger partial charge is 0.326 e. The molecule has 1 aromatic carbocycles. The van der Waals surface area contributed by atoms with Gasteiger partial charge in [0.15, 0.2) is 0 Å². The molecule has 2 aromatic rings. The van der Waals surface area contributed by atoms with Crippen LogP contribution in [-0.2, 0) is 14.4 Å². The molecule has 4 unspecified atom stereocenters. The third kappa shape index (κ3) is 7.74. The zero-order valence-corrected chi connectivity index (χ0v) is 23.7. The van der Waals surface area contributed by atoms with E-state index < -0.39 is 35.9 Å². The van der Waals surface area contributed by atoms with Gasteiger partial charge in [-0.1, -0.05) is 24.3 Å². The van der Waals surface area contributed by atoms with Crippen LogP contribution in [0.4, 0.5) is 0 Å². The van der Waals surface area contributed by atoms with Crippen LogP contribution in [-0.4, -0.2) is 77.7 Å². The fraction of sp³-hybridized carbons (Fsp3) is 0.500. The van der Waals surface area contributed by atoms with Crippen LogP contribution in [0.15, 0.2) is 42.5 Å². The first-order valence-electron chi connectivity index (χ1n) is 14.0. The molecule has 1 saturated carbocycles. The Morgan fingerprint density at radius 3 is 2.56 bits per heavy atom. The highest BCUT2D eigenvalue weighted by molar-refractivity contribution is 5.90. The average molecular weight is 567 g/mol. The van der Waals surface area contributed by atoms with Crippen molar-refractivity contribution in [2.75, 3.05) is 27.8 Å². The highest BCUT2D eigenvalue weighted by Crippen LogP contribution is 2.37. The molecule has 1 aromatic heterocycles. The van der Waals surface area contributed by atoms with E-state index in [0.29, 0.717) is 30.8 Å². The quantitative estimate of drug-likeness (QED) is 0.503. The maximum absolute atomic E-state index is 13.5. The lowest BCUT2D eigenvalue weighted by molar-refractivity contribution is -0.144. The molecule has 0 radical (unpaired) electrons. The normalized spacial score (nSPS) is 24.0. The number of carbonyl (C=O) groups is 3. The van der Waals surface area contributed by atoms with Gasteiger partial charge in [0.25, 0.3) is 0 Å². The second kappa shape index (κ2) is 14.0. The molecule has 1 fully saturated rings. The van der Waals surface area contributed by atoms with Crippen molar-refractivity contribution in [2.45, 2.75) is 57.1 Å². The summed E-state index contributed by atoms with van der Waals surface area (Å²) in [5, 5.41) is 12.4. The van der Waals surface area contributed by atoms with Crippen molar-refractivity contribution in [1.82, 2.24) is 20.2 Å². The Morgan fingerprint density at radius 1 is 1.02 bits per heavy atom. The maximum atomic E-state index is 13.5. The molecule has 0 bridgehead atoms. The lowest BCUT2D eigenvalue weighted by atomic mass is 9.93. The van der Waals surface area contributed by atoms with E-state index in [-0.39, 0.29) is 30.6 Å². The Bertz CT molecular complexity index is 1270. The lowest BCUT2D eigenvalue weighted by Gasteiger charge is -2.25. The number of nitrogens with zero attached hydrogens (tertiary/aromatic N) is 3. The summed E-state index contributed by atoms with van der Waals surface area (Å²) in [6, 6.07) is 8.14. The fourth-order valence-electron chi connectivity index (χ4n) is 5.35. The van der Waals surface area contributed by atoms with Crippen molar-refractivity contribution >= 4 is 17.8 Å². The van der Waals surface area contributed by atoms with Crippen molar-refractivity contribution in [3.05, 3.63) is 42.5 Å². The minimum absolute atomic E-state index is 0.111. The number of amides is 2. The largest absolute Gasteiger partial charge is 0.497 e. The third-order valence-corrected chi connectivity index (χ3v) is 7.58. The maximum Gasteiger partial charge on any atom is 0.326 e. The molecular formula is C30H38N4O7. The molecule has 41 heavy (non-hydrogen) atoms. The Hall–Kier alpha value is -4.15. The van der Waals surface area contributed by atoms with Crippen LogP contribution in [0.25, 0.3) is 11.3 Å². The van der Waals surface area contributed by atoms with Gasteiger partial charge in [-0.25, -0.2) is 4.79 Å². The van der Waals surface area contributed by atoms with Crippen LogP contribution in [0.3, 0.4) is 0 Å². The van der Waals surface area contributed by atoms with E-state index in [1.165, 1.54) is 7.11 Å². The number of aliphatic carboxylic acids is 1. The Balaban J connectivity index is 1.58. The van der Waals surface area contributed by atoms with Gasteiger partial charge in [0.05, 0.1) is 31.7 Å². The zero-order valence-electron chi connectivity index (χ0n) is 23.7. The standard InChI is InChI=1S/C30H38N4O7/c1-34-14-9-7-5-4-6-8-13-24(29(37)38)31-27(35)22-16-21(17-23(22)28(34)36)41-26-18-25(32-30(33-26)40-3)19-11-10-12-20(15-19)39-2/h4,6,10-12,15,18,21-24H,5,7-9,13-14,16-17H2,1-3H3,(H,31,35)(H,37,38). The average Bonchev–Trinajstić information content (AvgIpc) is 3.40. The monoisotopic (exact) mass is 566 g/mol. The van der Waals surface area contributed by atoms with E-state index in [1.54, 1.807) is 25.1 Å². The molecule has 1 aliphatic heterocycles. The summed E-state index contributed by atoms with van der Waals surface area (Å²) in [5.74, 6) is -2.17. The van der Waals surface area contributed by atoms with E-state index in [2.05, 4.69) is 15.3 Å². The molecule has 1 aliphatic carbocycles. The summed E-state index contributed by atoms with van der Waals surface area (Å²) in [6.45, 7) is 0.577. The minimum Gasteiger partial charge on any atom is -0.497 e. The first-order chi connectivity index (χ1) is 19.8. The number of methoxy groups -OCH3 is 2. The van der Waals surface area contributed by atoms with E-state index in [1.807, 2.05) is 36.4 Å². The number of fused-ring (bicyclic) bond motifs is 1. The second-order valence-corrected chi connectivity index (χ2v) is 10.4. The molecule has 2 N–H and O–H groups in total. The van der Waals surface area contributed by atoms with Gasteiger partial charge < -0.3 is 29.5 Å². The van der Waals surface area contributed by atoms with Gasteiger partial charge in [-0.05, 0) is 57.1 Å². The summed E-state index contributed by atoms with van der Waals surface area (Å²) in [7, 11) is 4.79. The summed E-state index contributed by atoms with van der Waals surface area (Å²) >= 11 is 0. The number of hydrogen-bond donors (Lipinski definition) is 2. The summed E-state index contributed by atoms with van der Waals surface area (Å²) in [6.07, 6.45) is 7.43. The number of allylic oxidation sites excluding steroid dienone is 2. The molecule has 220 valence electrons. The molecular weight excluding hydrogens is 528 g/mol. The molecule has 0 saturated heterocycles. The number of carboxylic acid groups (broad SMARTS) is 1. The van der Waals surface area contributed by atoms with Gasteiger partial charge in [0, 0.05) is 25.2 Å². The van der Waals surface area contributed by atoms with Gasteiger partial charge in [0.2, 0.25) is 17.7 Å². The SMILES string of the molecule is COc1cccc(-c2cc(OC3CC4C(=O)NC(C(=O)O)CCC=CCCCCN(C)C(=O)C4C3)nc(OC)n2)c1. The fourth-order valence-corrected chi connectivity index (χ4v) is 5.35. The predicted molar refractivity (Wildman–Crippen MR) is 151 cm³/mol. The van der Waals surface area contributed by atoms with E-state index in [0.717, 1.165) is 24.8 Å². The Labute approximate surface area is 239 Å². The first-order valence-corrected chi connectivity index (χ1v) is 14.0. The molecule has 4 atom stereocenters. The number of ether oxygens (including phenoxy) is 3. The van der Waals surface area contributed by atoms with Crippen LogP contribution in [0, 0.1) is 11.8 Å². The van der Waals surface area contributed by atoms with Gasteiger partial charge in [0.1, 0.15) is 17.9 Å². The topological polar surface area (TPSA) is 140 Å². The highest BCUT2D eigenvalue weighted by atomic mass is 16.5. The molecule has 0 spiro atoms.